The molecular weight excluding hydrogens is 265 g/mol. The molecule has 3 nitrogen and oxygen atoms in total. The van der Waals surface area contributed by atoms with Gasteiger partial charge in [0.25, 0.3) is 0 Å². The fraction of sp³-hybridized carbons (Fsp3) is 0.471. The van der Waals surface area contributed by atoms with Crippen LogP contribution in [0.2, 0.25) is 0 Å². The molecule has 1 aliphatic heterocycles. The van der Waals surface area contributed by atoms with E-state index in [1.807, 2.05) is 31.6 Å². The van der Waals surface area contributed by atoms with Crippen LogP contribution in [0.25, 0.3) is 0 Å². The summed E-state index contributed by atoms with van der Waals surface area (Å²) in [5.74, 6) is 1.70. The Morgan fingerprint density at radius 1 is 1.19 bits per heavy atom. The van der Waals surface area contributed by atoms with Crippen molar-refractivity contribution < 1.29 is 4.39 Å². The van der Waals surface area contributed by atoms with Crippen molar-refractivity contribution in [2.75, 3.05) is 13.1 Å². The number of benzene rings is 1. The Morgan fingerprint density at radius 2 is 1.90 bits per heavy atom. The van der Waals surface area contributed by atoms with Gasteiger partial charge in [0, 0.05) is 19.4 Å². The number of hydrogen-bond acceptors (Lipinski definition) is 2. The maximum absolute atomic E-state index is 12.9. The van der Waals surface area contributed by atoms with Crippen LogP contribution in [-0.2, 0) is 20.0 Å². The summed E-state index contributed by atoms with van der Waals surface area (Å²) < 4.78 is 15.0. The highest BCUT2D eigenvalue weighted by Gasteiger charge is 2.20. The van der Waals surface area contributed by atoms with E-state index in [1.54, 1.807) is 12.1 Å². The van der Waals surface area contributed by atoms with Crippen LogP contribution in [0.3, 0.4) is 0 Å². The van der Waals surface area contributed by atoms with Gasteiger partial charge in [0.2, 0.25) is 0 Å². The highest BCUT2D eigenvalue weighted by molar-refractivity contribution is 5.16. The van der Waals surface area contributed by atoms with Crippen molar-refractivity contribution in [2.24, 2.45) is 13.0 Å². The van der Waals surface area contributed by atoms with E-state index in [0.717, 1.165) is 31.9 Å². The summed E-state index contributed by atoms with van der Waals surface area (Å²) in [7, 11) is 2.05. The smallest absolute Gasteiger partial charge is 0.123 e. The number of nitrogens with zero attached hydrogens (tertiary/aromatic N) is 3. The molecule has 0 spiro atoms. The van der Waals surface area contributed by atoms with E-state index < -0.39 is 0 Å². The summed E-state index contributed by atoms with van der Waals surface area (Å²) in [6.07, 6.45) is 7.34. The molecule has 2 aromatic rings. The standard InChI is InChI=1S/C17H22FN3/c1-20-11-8-19-17(20)13-21-9-6-15(7-10-21)12-14-2-4-16(18)5-3-14/h2-5,8,11,15H,6-7,9-10,12-13H2,1H3. The van der Waals surface area contributed by atoms with Gasteiger partial charge in [-0.25, -0.2) is 9.37 Å². The first-order valence-corrected chi connectivity index (χ1v) is 7.64. The molecule has 1 saturated heterocycles. The van der Waals surface area contributed by atoms with E-state index in [2.05, 4.69) is 14.5 Å². The predicted octanol–water partition coefficient (Wildman–Crippen LogP) is 3.01. The maximum Gasteiger partial charge on any atom is 0.123 e. The zero-order valence-electron chi connectivity index (χ0n) is 12.5. The summed E-state index contributed by atoms with van der Waals surface area (Å²) in [6, 6.07) is 6.95. The van der Waals surface area contributed by atoms with Gasteiger partial charge in [0.15, 0.2) is 0 Å². The fourth-order valence-corrected chi connectivity index (χ4v) is 3.05. The predicted molar refractivity (Wildman–Crippen MR) is 81.3 cm³/mol. The minimum atomic E-state index is -0.149. The van der Waals surface area contributed by atoms with Crippen molar-refractivity contribution in [1.29, 1.82) is 0 Å². The lowest BCUT2D eigenvalue weighted by molar-refractivity contribution is 0.172. The van der Waals surface area contributed by atoms with Gasteiger partial charge in [0.05, 0.1) is 6.54 Å². The van der Waals surface area contributed by atoms with Crippen molar-refractivity contribution in [3.8, 4) is 0 Å². The first-order valence-electron chi connectivity index (χ1n) is 7.64. The molecule has 112 valence electrons. The molecule has 1 fully saturated rings. The van der Waals surface area contributed by atoms with E-state index in [9.17, 15) is 4.39 Å². The molecule has 0 atom stereocenters. The first-order chi connectivity index (χ1) is 10.2. The SMILES string of the molecule is Cn1ccnc1CN1CCC(Cc2ccc(F)cc2)CC1. The molecule has 0 saturated carbocycles. The third-order valence-corrected chi connectivity index (χ3v) is 4.43. The Balaban J connectivity index is 1.49. The van der Waals surface area contributed by atoms with E-state index in [1.165, 1.54) is 18.4 Å². The molecule has 0 N–H and O–H groups in total. The summed E-state index contributed by atoms with van der Waals surface area (Å²) in [6.45, 7) is 3.18. The number of piperidine rings is 1. The maximum atomic E-state index is 12.9. The lowest BCUT2D eigenvalue weighted by Crippen LogP contribution is -2.34. The second-order valence-corrected chi connectivity index (χ2v) is 6.00. The third-order valence-electron chi connectivity index (χ3n) is 4.43. The third kappa shape index (κ3) is 3.70. The lowest BCUT2D eigenvalue weighted by Gasteiger charge is -2.31. The molecular formula is C17H22FN3. The van der Waals surface area contributed by atoms with Crippen molar-refractivity contribution in [2.45, 2.75) is 25.8 Å². The van der Waals surface area contributed by atoms with Gasteiger partial charge in [-0.1, -0.05) is 12.1 Å². The van der Waals surface area contributed by atoms with E-state index in [4.69, 9.17) is 0 Å². The minimum Gasteiger partial charge on any atom is -0.337 e. The lowest BCUT2D eigenvalue weighted by atomic mass is 9.90. The second kappa shape index (κ2) is 6.39. The Labute approximate surface area is 125 Å². The number of imidazole rings is 1. The Kier molecular flexibility index (Phi) is 4.34. The number of halogens is 1. The van der Waals surface area contributed by atoms with Gasteiger partial charge >= 0.3 is 0 Å². The monoisotopic (exact) mass is 287 g/mol. The number of aryl methyl sites for hydroxylation is 1. The van der Waals surface area contributed by atoms with Crippen LogP contribution < -0.4 is 0 Å². The van der Waals surface area contributed by atoms with Crippen LogP contribution in [0.5, 0.6) is 0 Å². The van der Waals surface area contributed by atoms with Crippen LogP contribution in [0.15, 0.2) is 36.7 Å². The molecule has 0 aliphatic carbocycles. The van der Waals surface area contributed by atoms with Crippen molar-refractivity contribution >= 4 is 0 Å². The number of likely N-dealkylation sites (tertiary alicyclic amines) is 1. The summed E-state index contributed by atoms with van der Waals surface area (Å²) in [5.41, 5.74) is 1.25. The summed E-state index contributed by atoms with van der Waals surface area (Å²) in [4.78, 5) is 6.87. The fourth-order valence-electron chi connectivity index (χ4n) is 3.05. The number of rotatable bonds is 4. The zero-order valence-corrected chi connectivity index (χ0v) is 12.5. The topological polar surface area (TPSA) is 21.1 Å². The Bertz CT molecular complexity index is 568. The summed E-state index contributed by atoms with van der Waals surface area (Å²) >= 11 is 0. The molecule has 0 unspecified atom stereocenters. The second-order valence-electron chi connectivity index (χ2n) is 6.00. The average Bonchev–Trinajstić information content (AvgIpc) is 2.89. The van der Waals surface area contributed by atoms with E-state index in [-0.39, 0.29) is 5.82 Å². The largest absolute Gasteiger partial charge is 0.337 e. The van der Waals surface area contributed by atoms with Gasteiger partial charge < -0.3 is 4.57 Å². The van der Waals surface area contributed by atoms with Crippen LogP contribution in [0, 0.1) is 11.7 Å². The van der Waals surface area contributed by atoms with Crippen LogP contribution in [0.4, 0.5) is 4.39 Å². The van der Waals surface area contributed by atoms with Crippen molar-refractivity contribution in [3.63, 3.8) is 0 Å². The first kappa shape index (κ1) is 14.3. The Hall–Kier alpha value is -1.68. The van der Waals surface area contributed by atoms with Gasteiger partial charge in [-0.3, -0.25) is 4.90 Å². The molecule has 0 radical (unpaired) electrons. The van der Waals surface area contributed by atoms with Gasteiger partial charge in [-0.15, -0.1) is 0 Å². The number of aromatic nitrogens is 2. The summed E-state index contributed by atoms with van der Waals surface area (Å²) in [5, 5.41) is 0. The molecule has 2 heterocycles. The van der Waals surface area contributed by atoms with Gasteiger partial charge in [-0.2, -0.15) is 0 Å². The van der Waals surface area contributed by atoms with E-state index in [0.29, 0.717) is 5.92 Å². The average molecular weight is 287 g/mol. The van der Waals surface area contributed by atoms with Crippen molar-refractivity contribution in [3.05, 3.63) is 53.9 Å². The molecule has 0 amide bonds. The molecule has 1 aliphatic rings. The zero-order chi connectivity index (χ0) is 14.7. The highest BCUT2D eigenvalue weighted by atomic mass is 19.1. The molecule has 0 bridgehead atoms. The number of hydrogen-bond donors (Lipinski definition) is 0. The molecule has 1 aromatic carbocycles. The van der Waals surface area contributed by atoms with Gasteiger partial charge in [0.1, 0.15) is 11.6 Å². The van der Waals surface area contributed by atoms with Crippen molar-refractivity contribution in [1.82, 2.24) is 14.5 Å². The highest BCUT2D eigenvalue weighted by Crippen LogP contribution is 2.22. The molecule has 21 heavy (non-hydrogen) atoms. The van der Waals surface area contributed by atoms with Crippen LogP contribution in [0.1, 0.15) is 24.2 Å². The molecule has 1 aromatic heterocycles. The molecule has 3 rings (SSSR count). The normalized spacial score (nSPS) is 17.2. The van der Waals surface area contributed by atoms with Crippen LogP contribution in [-0.4, -0.2) is 27.5 Å². The minimum absolute atomic E-state index is 0.149. The molecule has 4 heteroatoms. The van der Waals surface area contributed by atoms with Crippen LogP contribution >= 0.6 is 0 Å². The quantitative estimate of drug-likeness (QED) is 0.862. The van der Waals surface area contributed by atoms with E-state index >= 15 is 0 Å². The van der Waals surface area contributed by atoms with Gasteiger partial charge in [-0.05, 0) is 56.0 Å². The Morgan fingerprint density at radius 3 is 2.52 bits per heavy atom.